The van der Waals surface area contributed by atoms with E-state index in [4.69, 9.17) is 5.63 Å². The molecule has 0 amide bonds. The first kappa shape index (κ1) is 22.1. The van der Waals surface area contributed by atoms with Gasteiger partial charge in [0.05, 0.1) is 0 Å². The van der Waals surface area contributed by atoms with Crippen molar-refractivity contribution in [1.82, 2.24) is 0 Å². The molecule has 0 aliphatic rings. The van der Waals surface area contributed by atoms with Crippen LogP contribution in [0.4, 0.5) is 11.4 Å². The zero-order valence-electron chi connectivity index (χ0n) is 13.6. The van der Waals surface area contributed by atoms with Crippen molar-refractivity contribution in [2.45, 2.75) is 0 Å². The summed E-state index contributed by atoms with van der Waals surface area (Å²) in [6, 6.07) is 16.0. The molecule has 0 unspecified atom stereocenters. The van der Waals surface area contributed by atoms with E-state index in [-0.39, 0.29) is 24.8 Å². The number of nitrogens with zero attached hydrogens (tertiary/aromatic N) is 2. The van der Waals surface area contributed by atoms with Gasteiger partial charge in [0.2, 0.25) is 0 Å². The Hall–Kier alpha value is -0.897. The van der Waals surface area contributed by atoms with Crippen molar-refractivity contribution in [3.05, 3.63) is 48.5 Å². The smallest absolute Gasteiger partial charge is 1.00 e. The summed E-state index contributed by atoms with van der Waals surface area (Å²) in [6.45, 7) is 0. The Kier molecular flexibility index (Phi) is 10.4. The fourth-order valence-corrected chi connectivity index (χ4v) is 3.33. The van der Waals surface area contributed by atoms with Gasteiger partial charge in [-0.25, -0.2) is 0 Å². The standard InChI is InChI=1S/2C8H11NO.2ClH.Zr/c2*1-9(2)7-5-3-4-6-8(7)10;;;/h2*3-6,10H,1-2H3;2*1H;/q;;;;+4/p-4. The van der Waals surface area contributed by atoms with Gasteiger partial charge in [0.1, 0.15) is 0 Å². The van der Waals surface area contributed by atoms with E-state index in [0.717, 1.165) is 22.9 Å². The van der Waals surface area contributed by atoms with E-state index in [1.165, 1.54) is 0 Å². The predicted molar refractivity (Wildman–Crippen MR) is 82.8 cm³/mol. The summed E-state index contributed by atoms with van der Waals surface area (Å²) in [7, 11) is 8.04. The summed E-state index contributed by atoms with van der Waals surface area (Å²) in [5.41, 5.74) is 2.14. The van der Waals surface area contributed by atoms with Crippen molar-refractivity contribution in [2.24, 2.45) is 0 Å². The second-order valence-corrected chi connectivity index (χ2v) is 6.42. The molecule has 0 atom stereocenters. The summed E-state index contributed by atoms with van der Waals surface area (Å²) in [5, 5.41) is 0. The van der Waals surface area contributed by atoms with Gasteiger partial charge in [0, 0.05) is 0 Å². The van der Waals surface area contributed by atoms with Crippen LogP contribution in [0.5, 0.6) is 11.5 Å². The number of benzene rings is 2. The molecule has 2 aromatic rings. The van der Waals surface area contributed by atoms with Gasteiger partial charge in [-0.1, -0.05) is 0 Å². The zero-order chi connectivity index (χ0) is 15.2. The van der Waals surface area contributed by atoms with Gasteiger partial charge in [-0.15, -0.1) is 0 Å². The van der Waals surface area contributed by atoms with Gasteiger partial charge >= 0.3 is 139 Å². The molecular weight excluding hydrogens is 414 g/mol. The normalized spacial score (nSPS) is 8.87. The number of halogens is 2. The van der Waals surface area contributed by atoms with Crippen LogP contribution in [0.3, 0.4) is 0 Å². The Morgan fingerprint density at radius 1 is 0.652 bits per heavy atom. The molecule has 0 fully saturated rings. The molecule has 0 saturated heterocycles. The molecule has 0 bridgehead atoms. The Balaban J connectivity index is 0.00000242. The minimum Gasteiger partial charge on any atom is -1.00 e. The van der Waals surface area contributed by atoms with Gasteiger partial charge in [-0.05, 0) is 0 Å². The van der Waals surface area contributed by atoms with Gasteiger partial charge < -0.3 is 24.8 Å². The van der Waals surface area contributed by atoms with Crippen molar-refractivity contribution in [1.29, 1.82) is 0 Å². The third-order valence-electron chi connectivity index (χ3n) is 3.00. The minimum absolute atomic E-state index is 0. The van der Waals surface area contributed by atoms with E-state index >= 15 is 0 Å². The molecule has 0 radical (unpaired) electrons. The third kappa shape index (κ3) is 6.25. The fraction of sp³-hybridized carbons (Fsp3) is 0.250. The van der Waals surface area contributed by atoms with E-state index in [0.29, 0.717) is 0 Å². The third-order valence-corrected chi connectivity index (χ3v) is 4.49. The number of anilines is 2. The Morgan fingerprint density at radius 2 is 1.00 bits per heavy atom. The average molecular weight is 434 g/mol. The number of para-hydroxylation sites is 4. The van der Waals surface area contributed by atoms with Crippen LogP contribution in [0.1, 0.15) is 0 Å². The molecule has 7 heteroatoms. The second-order valence-electron chi connectivity index (χ2n) is 5.01. The van der Waals surface area contributed by atoms with Crippen LogP contribution in [0.15, 0.2) is 48.5 Å². The molecule has 23 heavy (non-hydrogen) atoms. The van der Waals surface area contributed by atoms with Crippen LogP contribution in [0.2, 0.25) is 0 Å². The quantitative estimate of drug-likeness (QED) is 0.491. The first-order valence-electron chi connectivity index (χ1n) is 6.71. The van der Waals surface area contributed by atoms with Crippen molar-refractivity contribution >= 4 is 11.4 Å². The van der Waals surface area contributed by atoms with Crippen molar-refractivity contribution < 1.29 is 54.6 Å². The first-order valence-corrected chi connectivity index (χ1v) is 8.71. The molecule has 4 nitrogen and oxygen atoms in total. The monoisotopic (exact) mass is 432 g/mol. The molecule has 0 aliphatic carbocycles. The fourth-order valence-electron chi connectivity index (χ4n) is 1.94. The van der Waals surface area contributed by atoms with E-state index in [1.807, 2.05) is 86.5 Å². The van der Waals surface area contributed by atoms with Gasteiger partial charge in [-0.2, -0.15) is 0 Å². The maximum Gasteiger partial charge on any atom is -1.00 e. The molecule has 0 spiro atoms. The Morgan fingerprint density at radius 3 is 1.35 bits per heavy atom. The molecule has 124 valence electrons. The summed E-state index contributed by atoms with van der Waals surface area (Å²) in [4.78, 5) is 4.09. The van der Waals surface area contributed by atoms with Gasteiger partial charge in [0.25, 0.3) is 0 Å². The molecular formula is C16H20Cl2N2O2Zr. The van der Waals surface area contributed by atoms with E-state index in [2.05, 4.69) is 0 Å². The van der Waals surface area contributed by atoms with Gasteiger partial charge in [0.15, 0.2) is 0 Å². The van der Waals surface area contributed by atoms with Crippen molar-refractivity contribution in [3.8, 4) is 11.5 Å². The largest absolute Gasteiger partial charge is 1.00 e. The predicted octanol–water partition coefficient (Wildman–Crippen LogP) is -2.80. The SMILES string of the molecule is CN(C)c1ccccc1[O][Zr+2][O]c1ccccc1N(C)C.[Cl-].[Cl-]. The van der Waals surface area contributed by atoms with E-state index in [1.54, 1.807) is 0 Å². The number of rotatable bonds is 6. The van der Waals surface area contributed by atoms with Crippen LogP contribution in [-0.4, -0.2) is 28.2 Å². The van der Waals surface area contributed by atoms with Crippen LogP contribution in [-0.2, 0) is 24.1 Å². The molecule has 0 saturated carbocycles. The summed E-state index contributed by atoms with van der Waals surface area (Å²) < 4.78 is 11.8. The summed E-state index contributed by atoms with van der Waals surface area (Å²) in [5.74, 6) is 1.77. The van der Waals surface area contributed by atoms with Gasteiger partial charge in [-0.3, -0.25) is 0 Å². The minimum atomic E-state index is -1.44. The maximum absolute atomic E-state index is 5.92. The molecule has 0 aromatic heterocycles. The van der Waals surface area contributed by atoms with E-state index < -0.39 is 24.1 Å². The van der Waals surface area contributed by atoms with Crippen molar-refractivity contribution in [3.63, 3.8) is 0 Å². The Bertz CT molecular complexity index is 546. The average Bonchev–Trinajstić information content (AvgIpc) is 2.48. The first-order chi connectivity index (χ1) is 10.1. The van der Waals surface area contributed by atoms with Crippen LogP contribution in [0, 0.1) is 0 Å². The molecule has 2 rings (SSSR count). The zero-order valence-corrected chi connectivity index (χ0v) is 17.6. The molecule has 2 aromatic carbocycles. The topological polar surface area (TPSA) is 24.9 Å². The molecule has 0 aliphatic heterocycles. The van der Waals surface area contributed by atoms with Crippen LogP contribution in [0.25, 0.3) is 0 Å². The van der Waals surface area contributed by atoms with Crippen LogP contribution >= 0.6 is 0 Å². The van der Waals surface area contributed by atoms with Crippen molar-refractivity contribution in [2.75, 3.05) is 38.0 Å². The number of hydrogen-bond acceptors (Lipinski definition) is 4. The molecule has 0 heterocycles. The Labute approximate surface area is 163 Å². The molecule has 0 N–H and O–H groups in total. The van der Waals surface area contributed by atoms with E-state index in [9.17, 15) is 0 Å². The maximum atomic E-state index is 5.92. The summed E-state index contributed by atoms with van der Waals surface area (Å²) in [6.07, 6.45) is 0. The summed E-state index contributed by atoms with van der Waals surface area (Å²) >= 11 is -1.44. The van der Waals surface area contributed by atoms with Crippen LogP contribution < -0.4 is 40.2 Å². The second kappa shape index (κ2) is 10.8. The number of hydrogen-bond donors (Lipinski definition) is 0.